The molecular weight excluding hydrogens is 478 g/mol. The topological polar surface area (TPSA) is 3.24 Å². The lowest BCUT2D eigenvalue weighted by Gasteiger charge is -2.39. The van der Waals surface area contributed by atoms with Crippen molar-refractivity contribution in [3.8, 4) is 0 Å². The quantitative estimate of drug-likeness (QED) is 0.137. The summed E-state index contributed by atoms with van der Waals surface area (Å²) in [4.78, 5) is 3.55. The largest absolute Gasteiger partial charge is 0.335 e. The molecule has 38 heavy (non-hydrogen) atoms. The van der Waals surface area contributed by atoms with E-state index in [1.54, 1.807) is 11.8 Å². The molecule has 2 aromatic rings. The van der Waals surface area contributed by atoms with Crippen molar-refractivity contribution < 1.29 is 0 Å². The summed E-state index contributed by atoms with van der Waals surface area (Å²) in [5.41, 5.74) is 11.7. The van der Waals surface area contributed by atoms with Crippen LogP contribution in [0.3, 0.4) is 0 Å². The van der Waals surface area contributed by atoms with Crippen LogP contribution in [0.4, 0.5) is 0 Å². The van der Waals surface area contributed by atoms with Gasteiger partial charge in [-0.05, 0) is 112 Å². The molecule has 1 unspecified atom stereocenters. The molecule has 2 heteroatoms. The van der Waals surface area contributed by atoms with E-state index >= 15 is 0 Å². The lowest BCUT2D eigenvalue weighted by atomic mass is 9.86. The minimum atomic E-state index is -0.0483. The second kappa shape index (κ2) is 14.8. The number of nitrogens with zero attached hydrogens (tertiary/aromatic N) is 1. The number of benzene rings is 2. The maximum absolute atomic E-state index is 4.60. The van der Waals surface area contributed by atoms with Gasteiger partial charge in [0.25, 0.3) is 0 Å². The molecule has 0 radical (unpaired) electrons. The zero-order valence-electron chi connectivity index (χ0n) is 24.8. The van der Waals surface area contributed by atoms with Gasteiger partial charge < -0.3 is 4.90 Å². The predicted molar refractivity (Wildman–Crippen MR) is 172 cm³/mol. The summed E-state index contributed by atoms with van der Waals surface area (Å²) in [5.74, 6) is 0. The molecule has 2 aromatic carbocycles. The van der Waals surface area contributed by atoms with Crippen molar-refractivity contribution >= 4 is 17.8 Å². The third-order valence-electron chi connectivity index (χ3n) is 6.80. The molecule has 0 aromatic heterocycles. The van der Waals surface area contributed by atoms with Gasteiger partial charge in [0, 0.05) is 16.3 Å². The van der Waals surface area contributed by atoms with Gasteiger partial charge in [-0.2, -0.15) is 0 Å². The Morgan fingerprint density at radius 2 is 1.47 bits per heavy atom. The van der Waals surface area contributed by atoms with Gasteiger partial charge in [0.1, 0.15) is 0 Å². The Morgan fingerprint density at radius 1 is 0.868 bits per heavy atom. The van der Waals surface area contributed by atoms with Crippen LogP contribution in [0, 0.1) is 0 Å². The van der Waals surface area contributed by atoms with Crippen molar-refractivity contribution in [3.63, 3.8) is 0 Å². The van der Waals surface area contributed by atoms with Gasteiger partial charge >= 0.3 is 0 Å². The van der Waals surface area contributed by atoms with Gasteiger partial charge in [0.15, 0.2) is 0 Å². The molecule has 0 amide bonds. The van der Waals surface area contributed by atoms with E-state index in [0.29, 0.717) is 0 Å². The molecule has 0 spiro atoms. The minimum Gasteiger partial charge on any atom is -0.335 e. The van der Waals surface area contributed by atoms with E-state index in [1.165, 1.54) is 43.9 Å². The Morgan fingerprint density at radius 3 is 1.95 bits per heavy atom. The predicted octanol–water partition coefficient (Wildman–Crippen LogP) is 11.1. The van der Waals surface area contributed by atoms with E-state index in [-0.39, 0.29) is 6.04 Å². The van der Waals surface area contributed by atoms with Crippen LogP contribution in [0.25, 0.3) is 6.08 Å². The van der Waals surface area contributed by atoms with Gasteiger partial charge in [0.2, 0.25) is 0 Å². The van der Waals surface area contributed by atoms with Crippen molar-refractivity contribution in [2.24, 2.45) is 0 Å². The zero-order chi connectivity index (χ0) is 28.4. The lowest BCUT2D eigenvalue weighted by molar-refractivity contribution is 0.365. The van der Waals surface area contributed by atoms with Crippen LogP contribution < -0.4 is 0 Å². The molecule has 0 saturated heterocycles. The van der Waals surface area contributed by atoms with E-state index < -0.39 is 0 Å². The summed E-state index contributed by atoms with van der Waals surface area (Å²) in [6, 6.07) is 17.7. The fraction of sp³-hybridized carbons (Fsp3) is 0.333. The standard InChI is InChI=1S/C36H47NS/c1-12-13-28(8)35(26(4)5)36(33-20-22-34(38-11)23-21-33)37(27(6)7)30(10)29(9)24-32-18-16-31(17-19-32)15-14-25(2)3/h16-24,36H,2,6,8,10,12-15H2,1,3-5,7,9,11H3/b29-24+. The Labute approximate surface area is 237 Å². The van der Waals surface area contributed by atoms with Crippen molar-refractivity contribution in [1.82, 2.24) is 4.90 Å². The SMILES string of the molecule is C=C(C)CCc1ccc(/C=C(\C)C(=C)N(C(=C)C)C(C(C(=C)CCC)=C(C)C)c2ccc(SC)cc2)cc1. The normalized spacial score (nSPS) is 12.0. The summed E-state index contributed by atoms with van der Waals surface area (Å²) in [6.07, 6.45) is 8.40. The molecule has 1 nitrogen and oxygen atoms in total. The molecular formula is C36H47NS. The summed E-state index contributed by atoms with van der Waals surface area (Å²) >= 11 is 1.76. The second-order valence-corrected chi connectivity index (χ2v) is 11.4. The van der Waals surface area contributed by atoms with E-state index in [9.17, 15) is 0 Å². The first-order chi connectivity index (χ1) is 18.0. The molecule has 0 aliphatic heterocycles. The first-order valence-corrected chi connectivity index (χ1v) is 14.8. The van der Waals surface area contributed by atoms with Gasteiger partial charge in [-0.25, -0.2) is 0 Å². The fourth-order valence-electron chi connectivity index (χ4n) is 4.76. The fourth-order valence-corrected chi connectivity index (χ4v) is 5.16. The molecule has 0 N–H and O–H groups in total. The molecule has 1 atom stereocenters. The molecule has 0 fully saturated rings. The summed E-state index contributed by atoms with van der Waals surface area (Å²) < 4.78 is 0. The van der Waals surface area contributed by atoms with Crippen LogP contribution in [-0.2, 0) is 6.42 Å². The summed E-state index contributed by atoms with van der Waals surface area (Å²) in [6.45, 7) is 30.5. The van der Waals surface area contributed by atoms with Crippen LogP contribution in [-0.4, -0.2) is 11.2 Å². The van der Waals surface area contributed by atoms with Gasteiger partial charge in [-0.1, -0.05) is 80.6 Å². The summed E-state index contributed by atoms with van der Waals surface area (Å²) in [5, 5.41) is 0. The number of allylic oxidation sites excluding steroid dienone is 4. The third kappa shape index (κ3) is 8.53. The zero-order valence-corrected chi connectivity index (χ0v) is 25.6. The van der Waals surface area contributed by atoms with Crippen LogP contribution >= 0.6 is 11.8 Å². The highest BCUT2D eigenvalue weighted by Gasteiger charge is 2.29. The smallest absolute Gasteiger partial charge is 0.0843 e. The molecule has 202 valence electrons. The first kappa shape index (κ1) is 31.2. The molecule has 2 rings (SSSR count). The van der Waals surface area contributed by atoms with Crippen molar-refractivity contribution in [1.29, 1.82) is 0 Å². The highest BCUT2D eigenvalue weighted by Crippen LogP contribution is 2.41. The van der Waals surface area contributed by atoms with Crippen LogP contribution in [0.1, 0.15) is 83.5 Å². The Balaban J connectivity index is 2.55. The Kier molecular flexibility index (Phi) is 12.2. The third-order valence-corrected chi connectivity index (χ3v) is 7.54. The minimum absolute atomic E-state index is 0.0483. The Bertz CT molecular complexity index is 1200. The average Bonchev–Trinajstić information content (AvgIpc) is 2.87. The number of hydrogen-bond acceptors (Lipinski definition) is 2. The number of aryl methyl sites for hydroxylation is 1. The van der Waals surface area contributed by atoms with Crippen molar-refractivity contribution in [3.05, 3.63) is 131 Å². The van der Waals surface area contributed by atoms with E-state index in [0.717, 1.165) is 42.7 Å². The van der Waals surface area contributed by atoms with E-state index in [1.807, 2.05) is 0 Å². The highest BCUT2D eigenvalue weighted by molar-refractivity contribution is 7.98. The van der Waals surface area contributed by atoms with Crippen molar-refractivity contribution in [2.75, 3.05) is 6.26 Å². The van der Waals surface area contributed by atoms with Crippen LogP contribution in [0.5, 0.6) is 0 Å². The van der Waals surface area contributed by atoms with Gasteiger partial charge in [-0.15, -0.1) is 18.3 Å². The number of rotatable bonds is 14. The summed E-state index contributed by atoms with van der Waals surface area (Å²) in [7, 11) is 0. The molecule has 0 saturated carbocycles. The van der Waals surface area contributed by atoms with E-state index in [2.05, 4.69) is 134 Å². The van der Waals surface area contributed by atoms with Crippen LogP contribution in [0.2, 0.25) is 0 Å². The van der Waals surface area contributed by atoms with Crippen LogP contribution in [0.15, 0.2) is 119 Å². The van der Waals surface area contributed by atoms with Gasteiger partial charge in [-0.3, -0.25) is 0 Å². The monoisotopic (exact) mass is 525 g/mol. The molecule has 0 aliphatic rings. The second-order valence-electron chi connectivity index (χ2n) is 10.5. The van der Waals surface area contributed by atoms with Crippen molar-refractivity contribution in [2.45, 2.75) is 78.2 Å². The number of hydrogen-bond donors (Lipinski definition) is 0. The molecule has 0 bridgehead atoms. The highest BCUT2D eigenvalue weighted by atomic mass is 32.2. The van der Waals surface area contributed by atoms with E-state index in [4.69, 9.17) is 0 Å². The average molecular weight is 526 g/mol. The maximum Gasteiger partial charge on any atom is 0.0843 e. The Hall–Kier alpha value is -2.97. The first-order valence-electron chi connectivity index (χ1n) is 13.5. The van der Waals surface area contributed by atoms with Gasteiger partial charge in [0.05, 0.1) is 6.04 Å². The lowest BCUT2D eigenvalue weighted by Crippen LogP contribution is -2.29. The maximum atomic E-state index is 4.60. The molecule has 0 heterocycles. The molecule has 0 aliphatic carbocycles. The number of thioether (sulfide) groups is 1.